The number of hydrogen-bond donors (Lipinski definition) is 0. The fraction of sp³-hybridized carbons (Fsp3) is 0.118. The number of ether oxygens (including phenoxy) is 2. The molecule has 0 radical (unpaired) electrons. The summed E-state index contributed by atoms with van der Waals surface area (Å²) in [7, 11) is 2.87. The summed E-state index contributed by atoms with van der Waals surface area (Å²) in [5.41, 5.74) is 0. The lowest BCUT2D eigenvalue weighted by Gasteiger charge is -2.10. The third-order valence-corrected chi connectivity index (χ3v) is 6.37. The molecule has 0 aliphatic carbocycles. The molecule has 136 valence electrons. The van der Waals surface area contributed by atoms with Crippen molar-refractivity contribution >= 4 is 39.9 Å². The predicted molar refractivity (Wildman–Crippen MR) is 104 cm³/mol. The van der Waals surface area contributed by atoms with Crippen LogP contribution in [-0.2, 0) is 4.57 Å². The van der Waals surface area contributed by atoms with Gasteiger partial charge in [0, 0.05) is 10.6 Å². The lowest BCUT2D eigenvalue weighted by Crippen LogP contribution is -2.11. The highest BCUT2D eigenvalue weighted by Gasteiger charge is 2.23. The lowest BCUT2D eigenvalue weighted by molar-refractivity contribution is 0.340. The quantitative estimate of drug-likeness (QED) is 0.609. The van der Waals surface area contributed by atoms with Crippen molar-refractivity contribution in [3.05, 3.63) is 65.9 Å². The largest absolute Gasteiger partial charge is 0.467 e. The van der Waals surface area contributed by atoms with E-state index < -0.39 is 6.49 Å². The summed E-state index contributed by atoms with van der Waals surface area (Å²) < 4.78 is 21.8. The minimum absolute atomic E-state index is 0.0497. The van der Waals surface area contributed by atoms with E-state index in [1.807, 2.05) is 36.4 Å². The van der Waals surface area contributed by atoms with Crippen molar-refractivity contribution in [1.29, 1.82) is 0 Å². The molecule has 0 amide bonds. The lowest BCUT2D eigenvalue weighted by atomic mass is 10.4. The van der Waals surface area contributed by atoms with Gasteiger partial charge in [-0.25, -0.2) is 0 Å². The van der Waals surface area contributed by atoms with E-state index in [9.17, 15) is 4.57 Å². The molecule has 1 heterocycles. The van der Waals surface area contributed by atoms with Crippen molar-refractivity contribution in [2.24, 2.45) is 0 Å². The van der Waals surface area contributed by atoms with E-state index in [4.69, 9.17) is 32.3 Å². The molecular weight excluding hydrogens is 396 g/mol. The van der Waals surface area contributed by atoms with Gasteiger partial charge >= 0.3 is 12.0 Å². The first-order valence-corrected chi connectivity index (χ1v) is 10.4. The topological polar surface area (TPSA) is 74.2 Å². The van der Waals surface area contributed by atoms with Crippen LogP contribution in [0.1, 0.15) is 0 Å². The van der Waals surface area contributed by atoms with Crippen molar-refractivity contribution in [3.8, 4) is 12.0 Å². The number of benzene rings is 2. The van der Waals surface area contributed by atoms with Gasteiger partial charge in [-0.15, -0.1) is 4.98 Å². The summed E-state index contributed by atoms with van der Waals surface area (Å²) >= 11 is 11.6. The molecule has 0 saturated heterocycles. The third-order valence-electron chi connectivity index (χ3n) is 3.11. The molecule has 3 rings (SSSR count). The zero-order valence-corrected chi connectivity index (χ0v) is 16.4. The molecule has 0 atom stereocenters. The molecular formula is C17H16Cl2N3O3P. The Morgan fingerprint density at radius 2 is 1.15 bits per heavy atom. The molecule has 0 spiro atoms. The SMILES string of the molecule is COc1nc(Cl)nc(OC)n1.O=P(Cl)(c1ccccc1)c1ccccc1. The van der Waals surface area contributed by atoms with Crippen LogP contribution < -0.4 is 20.1 Å². The summed E-state index contributed by atoms with van der Waals surface area (Å²) in [4.78, 5) is 11.0. The Morgan fingerprint density at radius 1 is 0.769 bits per heavy atom. The van der Waals surface area contributed by atoms with Crippen LogP contribution in [0.2, 0.25) is 5.28 Å². The Morgan fingerprint density at radius 3 is 1.50 bits per heavy atom. The van der Waals surface area contributed by atoms with Crippen molar-refractivity contribution in [1.82, 2.24) is 15.0 Å². The van der Waals surface area contributed by atoms with Crippen molar-refractivity contribution in [3.63, 3.8) is 0 Å². The van der Waals surface area contributed by atoms with Crippen molar-refractivity contribution in [2.45, 2.75) is 0 Å². The van der Waals surface area contributed by atoms with Gasteiger partial charge in [0.15, 0.2) is 0 Å². The molecule has 1 aromatic heterocycles. The Kier molecular flexibility index (Phi) is 7.39. The van der Waals surface area contributed by atoms with E-state index in [1.165, 1.54) is 14.2 Å². The standard InChI is InChI=1S/C12H10ClOP.C5H6ClN3O2/c13-15(14,11-7-3-1-4-8-11)12-9-5-2-6-10-12;1-10-4-7-3(6)8-5(9-4)11-2/h1-10H;1-2H3. The Bertz CT molecular complexity index is 817. The van der Waals surface area contributed by atoms with Crippen molar-refractivity contribution in [2.75, 3.05) is 14.2 Å². The molecule has 9 heteroatoms. The molecule has 0 N–H and O–H groups in total. The van der Waals surface area contributed by atoms with Gasteiger partial charge in [-0.05, 0) is 22.8 Å². The van der Waals surface area contributed by atoms with E-state index in [-0.39, 0.29) is 17.3 Å². The molecule has 2 aromatic carbocycles. The fourth-order valence-electron chi connectivity index (χ4n) is 1.89. The van der Waals surface area contributed by atoms with E-state index in [1.54, 1.807) is 24.3 Å². The minimum atomic E-state index is -2.93. The zero-order chi connectivity index (χ0) is 19.0. The molecule has 3 aromatic rings. The van der Waals surface area contributed by atoms with E-state index >= 15 is 0 Å². The molecule has 0 saturated carbocycles. The number of rotatable bonds is 4. The first kappa shape index (κ1) is 20.2. The molecule has 0 bridgehead atoms. The summed E-state index contributed by atoms with van der Waals surface area (Å²) in [5.74, 6) is 0. The Labute approximate surface area is 161 Å². The van der Waals surface area contributed by atoms with Crippen molar-refractivity contribution < 1.29 is 14.0 Å². The summed E-state index contributed by atoms with van der Waals surface area (Å²) in [6.45, 7) is -2.93. The highest BCUT2D eigenvalue weighted by atomic mass is 35.7. The molecule has 26 heavy (non-hydrogen) atoms. The Hall–Kier alpha value is -2.14. The summed E-state index contributed by atoms with van der Waals surface area (Å²) in [5, 5.41) is 1.41. The number of hydrogen-bond acceptors (Lipinski definition) is 6. The number of halogens is 2. The van der Waals surface area contributed by atoms with Gasteiger partial charge in [-0.2, -0.15) is 9.97 Å². The van der Waals surface area contributed by atoms with Crippen LogP contribution in [0.4, 0.5) is 0 Å². The second-order valence-corrected chi connectivity index (χ2v) is 8.65. The highest BCUT2D eigenvalue weighted by molar-refractivity contribution is 8.00. The zero-order valence-electron chi connectivity index (χ0n) is 14.0. The fourth-order valence-corrected chi connectivity index (χ4v) is 4.12. The minimum Gasteiger partial charge on any atom is -0.467 e. The van der Waals surface area contributed by atoms with Crippen LogP contribution in [-0.4, -0.2) is 29.2 Å². The van der Waals surface area contributed by atoms with Crippen LogP contribution in [0.5, 0.6) is 12.0 Å². The van der Waals surface area contributed by atoms with E-state index in [0.717, 1.165) is 0 Å². The summed E-state index contributed by atoms with van der Waals surface area (Å²) in [6, 6.07) is 18.6. The highest BCUT2D eigenvalue weighted by Crippen LogP contribution is 2.48. The van der Waals surface area contributed by atoms with Gasteiger partial charge in [-0.3, -0.25) is 4.57 Å². The maximum Gasteiger partial charge on any atom is 0.323 e. The molecule has 0 fully saturated rings. The maximum absolute atomic E-state index is 12.4. The maximum atomic E-state index is 12.4. The monoisotopic (exact) mass is 411 g/mol. The molecule has 0 unspecified atom stereocenters. The van der Waals surface area contributed by atoms with Crippen LogP contribution in [0.15, 0.2) is 60.7 Å². The second-order valence-electron chi connectivity index (χ2n) is 4.78. The number of aromatic nitrogens is 3. The van der Waals surface area contributed by atoms with Gasteiger partial charge in [0.25, 0.3) is 0 Å². The molecule has 6 nitrogen and oxygen atoms in total. The normalized spacial score (nSPS) is 10.5. The third kappa shape index (κ3) is 5.43. The van der Waals surface area contributed by atoms with Crippen LogP contribution in [0.3, 0.4) is 0 Å². The van der Waals surface area contributed by atoms with E-state index in [0.29, 0.717) is 10.6 Å². The summed E-state index contributed by atoms with van der Waals surface area (Å²) in [6.07, 6.45) is 0. The molecule has 0 aliphatic heterocycles. The van der Waals surface area contributed by atoms with Gasteiger partial charge in [-0.1, -0.05) is 60.7 Å². The second kappa shape index (κ2) is 9.53. The van der Waals surface area contributed by atoms with Gasteiger partial charge in [0.1, 0.15) is 0 Å². The van der Waals surface area contributed by atoms with Gasteiger partial charge in [0.05, 0.1) is 14.2 Å². The van der Waals surface area contributed by atoms with Gasteiger partial charge in [0.2, 0.25) is 11.8 Å². The smallest absolute Gasteiger partial charge is 0.323 e. The number of methoxy groups -OCH3 is 2. The van der Waals surface area contributed by atoms with Crippen LogP contribution in [0.25, 0.3) is 0 Å². The average Bonchev–Trinajstić information content (AvgIpc) is 2.69. The average molecular weight is 412 g/mol. The molecule has 0 aliphatic rings. The van der Waals surface area contributed by atoms with Gasteiger partial charge < -0.3 is 9.47 Å². The first-order valence-electron chi connectivity index (χ1n) is 7.38. The van der Waals surface area contributed by atoms with Crippen LogP contribution in [0, 0.1) is 0 Å². The van der Waals surface area contributed by atoms with E-state index in [2.05, 4.69) is 15.0 Å². The Balaban J connectivity index is 0.000000197. The predicted octanol–water partition coefficient (Wildman–Crippen LogP) is 3.70. The number of nitrogens with zero attached hydrogens (tertiary/aromatic N) is 3. The first-order chi connectivity index (χ1) is 12.5. The van der Waals surface area contributed by atoms with Crippen LogP contribution >= 0.6 is 29.3 Å².